The standard InChI is InChI=1S/C20H22N4O4/c1-13-4-7-15(8-5-13)24-18(25)12-21-19(23-24)20(26)22-11-14-6-9-16(27-2)17(10-14)28-3/h4-10H,11-12H2,1-3H3,(H,21,23)(H,22,26). The molecule has 8 nitrogen and oxygen atoms in total. The summed E-state index contributed by atoms with van der Waals surface area (Å²) in [6.07, 6.45) is 0. The Morgan fingerprint density at radius 1 is 1.14 bits per heavy atom. The van der Waals surface area contributed by atoms with Crippen molar-refractivity contribution in [1.29, 1.82) is 0 Å². The minimum absolute atomic E-state index is 0.0839. The third kappa shape index (κ3) is 4.22. The maximum absolute atomic E-state index is 12.5. The molecule has 0 atom stereocenters. The molecule has 28 heavy (non-hydrogen) atoms. The van der Waals surface area contributed by atoms with Gasteiger partial charge in [-0.15, -0.1) is 0 Å². The van der Waals surface area contributed by atoms with E-state index in [9.17, 15) is 9.59 Å². The number of nitrogens with one attached hydrogen (secondary N) is 2. The van der Waals surface area contributed by atoms with E-state index in [0.29, 0.717) is 17.2 Å². The Kier molecular flexibility index (Phi) is 5.78. The van der Waals surface area contributed by atoms with Crippen LogP contribution in [0.2, 0.25) is 0 Å². The van der Waals surface area contributed by atoms with Gasteiger partial charge in [0, 0.05) is 6.54 Å². The molecule has 0 bridgehead atoms. The summed E-state index contributed by atoms with van der Waals surface area (Å²) in [5.74, 6) is 0.641. The van der Waals surface area contributed by atoms with Crippen molar-refractivity contribution in [2.75, 3.05) is 25.8 Å². The van der Waals surface area contributed by atoms with E-state index in [2.05, 4.69) is 15.7 Å². The van der Waals surface area contributed by atoms with E-state index in [-0.39, 0.29) is 24.8 Å². The number of carbonyl (C=O) groups is 2. The van der Waals surface area contributed by atoms with Crippen LogP contribution in [0.3, 0.4) is 0 Å². The van der Waals surface area contributed by atoms with Gasteiger partial charge in [0.05, 0.1) is 19.9 Å². The molecule has 2 aromatic rings. The number of rotatable bonds is 6. The number of aliphatic imine (C=N–C) groups is 1. The quantitative estimate of drug-likeness (QED) is 0.791. The van der Waals surface area contributed by atoms with Crippen LogP contribution in [0.25, 0.3) is 0 Å². The summed E-state index contributed by atoms with van der Waals surface area (Å²) in [7, 11) is 3.12. The molecule has 0 saturated heterocycles. The summed E-state index contributed by atoms with van der Waals surface area (Å²) >= 11 is 0. The summed E-state index contributed by atoms with van der Waals surface area (Å²) in [5, 5.41) is 4.12. The molecule has 0 fully saturated rings. The van der Waals surface area contributed by atoms with Crippen molar-refractivity contribution in [3.8, 4) is 11.5 Å². The molecule has 2 N–H and O–H groups in total. The molecule has 8 heteroatoms. The molecule has 0 aliphatic carbocycles. The van der Waals surface area contributed by atoms with Gasteiger partial charge in [0.2, 0.25) is 5.84 Å². The normalized spacial score (nSPS) is 13.5. The Bertz CT molecular complexity index is 909. The zero-order valence-corrected chi connectivity index (χ0v) is 16.0. The second kappa shape index (κ2) is 8.43. The van der Waals surface area contributed by atoms with Crippen LogP contribution in [0.5, 0.6) is 11.5 Å². The zero-order chi connectivity index (χ0) is 20.1. The van der Waals surface area contributed by atoms with Gasteiger partial charge in [0.15, 0.2) is 11.5 Å². The van der Waals surface area contributed by atoms with E-state index in [1.807, 2.05) is 37.3 Å². The third-order valence-electron chi connectivity index (χ3n) is 4.25. The van der Waals surface area contributed by atoms with E-state index in [4.69, 9.17) is 9.47 Å². The van der Waals surface area contributed by atoms with Crippen molar-refractivity contribution in [2.45, 2.75) is 13.5 Å². The van der Waals surface area contributed by atoms with E-state index in [1.54, 1.807) is 26.4 Å². The van der Waals surface area contributed by atoms with Gasteiger partial charge >= 0.3 is 0 Å². The van der Waals surface area contributed by atoms with Crippen LogP contribution in [0.15, 0.2) is 47.5 Å². The number of ether oxygens (including phenoxy) is 2. The molecule has 0 aromatic heterocycles. The first-order chi connectivity index (χ1) is 13.5. The minimum atomic E-state index is -0.403. The molecule has 2 aromatic carbocycles. The van der Waals surface area contributed by atoms with Gasteiger partial charge in [-0.25, -0.2) is 5.01 Å². The number of hydrogen-bond acceptors (Lipinski definition) is 6. The molecule has 1 aliphatic heterocycles. The van der Waals surface area contributed by atoms with Gasteiger partial charge in [0.25, 0.3) is 11.8 Å². The zero-order valence-electron chi connectivity index (χ0n) is 16.0. The monoisotopic (exact) mass is 382 g/mol. The van der Waals surface area contributed by atoms with Gasteiger partial charge in [-0.1, -0.05) is 23.8 Å². The summed E-state index contributed by atoms with van der Waals surface area (Å²) < 4.78 is 10.5. The first-order valence-electron chi connectivity index (χ1n) is 8.71. The van der Waals surface area contributed by atoms with Crippen LogP contribution in [-0.2, 0) is 16.1 Å². The highest BCUT2D eigenvalue weighted by molar-refractivity contribution is 6.39. The molecular formula is C20H22N4O4. The molecular weight excluding hydrogens is 360 g/mol. The van der Waals surface area contributed by atoms with Crippen molar-refractivity contribution in [1.82, 2.24) is 10.7 Å². The van der Waals surface area contributed by atoms with Gasteiger partial charge < -0.3 is 14.8 Å². The average molecular weight is 382 g/mol. The fourth-order valence-corrected chi connectivity index (χ4v) is 2.70. The van der Waals surface area contributed by atoms with Gasteiger partial charge in [-0.2, -0.15) is 0 Å². The number of anilines is 1. The first-order valence-corrected chi connectivity index (χ1v) is 8.71. The van der Waals surface area contributed by atoms with E-state index < -0.39 is 5.91 Å². The Labute approximate surface area is 163 Å². The molecule has 1 aliphatic rings. The summed E-state index contributed by atoms with van der Waals surface area (Å²) in [6, 6.07) is 12.8. The molecule has 0 unspecified atom stereocenters. The molecule has 0 saturated carbocycles. The lowest BCUT2D eigenvalue weighted by Gasteiger charge is -2.27. The van der Waals surface area contributed by atoms with Crippen LogP contribution in [0.1, 0.15) is 11.1 Å². The van der Waals surface area contributed by atoms with Crippen LogP contribution in [0, 0.1) is 6.92 Å². The summed E-state index contributed by atoms with van der Waals surface area (Å²) in [6.45, 7) is 2.14. The SMILES string of the molecule is COc1ccc(CNC(=O)C2=NCC(=O)N(c3ccc(C)cc3)N2)cc1OC. The van der Waals surface area contributed by atoms with Gasteiger partial charge in [-0.3, -0.25) is 20.0 Å². The van der Waals surface area contributed by atoms with E-state index >= 15 is 0 Å². The molecule has 2 amide bonds. The lowest BCUT2D eigenvalue weighted by atomic mass is 10.2. The third-order valence-corrected chi connectivity index (χ3v) is 4.25. The Morgan fingerprint density at radius 3 is 2.54 bits per heavy atom. The van der Waals surface area contributed by atoms with Gasteiger partial charge in [0.1, 0.15) is 6.54 Å². The number of benzene rings is 2. The molecule has 1 heterocycles. The highest BCUT2D eigenvalue weighted by atomic mass is 16.5. The predicted octanol–water partition coefficient (Wildman–Crippen LogP) is 1.58. The number of aryl methyl sites for hydroxylation is 1. The van der Waals surface area contributed by atoms with Crippen molar-refractivity contribution in [2.24, 2.45) is 4.99 Å². The van der Waals surface area contributed by atoms with Gasteiger partial charge in [-0.05, 0) is 36.8 Å². The number of hydrogen-bond donors (Lipinski definition) is 2. The van der Waals surface area contributed by atoms with Crippen LogP contribution in [0.4, 0.5) is 5.69 Å². The largest absolute Gasteiger partial charge is 0.493 e. The Hall–Kier alpha value is -3.55. The van der Waals surface area contributed by atoms with Crippen molar-refractivity contribution < 1.29 is 19.1 Å². The van der Waals surface area contributed by atoms with Crippen molar-refractivity contribution in [3.05, 3.63) is 53.6 Å². The number of amidine groups is 1. The summed E-state index contributed by atoms with van der Waals surface area (Å²) in [5.41, 5.74) is 5.36. The predicted molar refractivity (Wildman–Crippen MR) is 105 cm³/mol. The van der Waals surface area contributed by atoms with Crippen molar-refractivity contribution in [3.63, 3.8) is 0 Å². The van der Waals surface area contributed by atoms with Crippen LogP contribution >= 0.6 is 0 Å². The number of amides is 2. The number of carbonyl (C=O) groups excluding carboxylic acids is 2. The molecule has 0 radical (unpaired) electrons. The summed E-state index contributed by atoms with van der Waals surface area (Å²) in [4.78, 5) is 28.7. The lowest BCUT2D eigenvalue weighted by Crippen LogP contribution is -2.55. The number of methoxy groups -OCH3 is 2. The molecule has 0 spiro atoms. The highest BCUT2D eigenvalue weighted by Crippen LogP contribution is 2.27. The fourth-order valence-electron chi connectivity index (χ4n) is 2.70. The fraction of sp³-hybridized carbons (Fsp3) is 0.250. The van der Waals surface area contributed by atoms with E-state index in [0.717, 1.165) is 11.1 Å². The molecule has 3 rings (SSSR count). The van der Waals surface area contributed by atoms with Crippen LogP contribution < -0.4 is 25.2 Å². The lowest BCUT2D eigenvalue weighted by molar-refractivity contribution is -0.118. The number of hydrazine groups is 1. The van der Waals surface area contributed by atoms with Crippen LogP contribution in [-0.4, -0.2) is 38.4 Å². The van der Waals surface area contributed by atoms with Crippen molar-refractivity contribution >= 4 is 23.3 Å². The highest BCUT2D eigenvalue weighted by Gasteiger charge is 2.25. The maximum atomic E-state index is 12.5. The second-order valence-electron chi connectivity index (χ2n) is 6.21. The number of nitrogens with zero attached hydrogens (tertiary/aromatic N) is 2. The maximum Gasteiger partial charge on any atom is 0.288 e. The van der Waals surface area contributed by atoms with E-state index in [1.165, 1.54) is 5.01 Å². The first kappa shape index (κ1) is 19.2. The average Bonchev–Trinajstić information content (AvgIpc) is 2.72. The second-order valence-corrected chi connectivity index (χ2v) is 6.21. The Morgan fingerprint density at radius 2 is 1.86 bits per heavy atom. The minimum Gasteiger partial charge on any atom is -0.493 e. The molecule has 146 valence electrons. The Balaban J connectivity index is 1.66. The topological polar surface area (TPSA) is 92.3 Å². The smallest absolute Gasteiger partial charge is 0.288 e.